The Morgan fingerprint density at radius 2 is 2.05 bits per heavy atom. The third kappa shape index (κ3) is 5.13. The third-order valence-electron chi connectivity index (χ3n) is 3.38. The molecule has 1 rings (SSSR count). The molecule has 0 aliphatic carbocycles. The Hall–Kier alpha value is -1.40. The molecule has 1 aromatic carbocycles. The van der Waals surface area contributed by atoms with Crippen LogP contribution in [0.3, 0.4) is 0 Å². The summed E-state index contributed by atoms with van der Waals surface area (Å²) in [5.74, 6) is -0.286. The summed E-state index contributed by atoms with van der Waals surface area (Å²) >= 11 is 0. The summed E-state index contributed by atoms with van der Waals surface area (Å²) in [6.07, 6.45) is 3.99. The summed E-state index contributed by atoms with van der Waals surface area (Å²) in [5, 5.41) is 2.86. The lowest BCUT2D eigenvalue weighted by molar-refractivity contribution is 0.0935. The molecule has 5 nitrogen and oxygen atoms in total. The van der Waals surface area contributed by atoms with E-state index >= 15 is 0 Å². The van der Waals surface area contributed by atoms with Crippen molar-refractivity contribution in [3.63, 3.8) is 0 Å². The van der Waals surface area contributed by atoms with Gasteiger partial charge in [-0.3, -0.25) is 4.79 Å². The zero-order valence-electron chi connectivity index (χ0n) is 12.8. The molecule has 0 radical (unpaired) electrons. The van der Waals surface area contributed by atoms with Crippen LogP contribution in [-0.4, -0.2) is 33.2 Å². The second-order valence-electron chi connectivity index (χ2n) is 5.30. The first-order valence-electron chi connectivity index (χ1n) is 7.11. The molecule has 0 spiro atoms. The van der Waals surface area contributed by atoms with Crippen molar-refractivity contribution >= 4 is 15.7 Å². The van der Waals surface area contributed by atoms with Crippen LogP contribution in [0.25, 0.3) is 0 Å². The van der Waals surface area contributed by atoms with Crippen molar-refractivity contribution in [2.24, 2.45) is 5.73 Å². The van der Waals surface area contributed by atoms with Crippen LogP contribution in [0.1, 0.15) is 42.1 Å². The Kier molecular flexibility index (Phi) is 6.36. The zero-order chi connectivity index (χ0) is 16.0. The first kappa shape index (κ1) is 17.7. The molecule has 0 fully saturated rings. The van der Waals surface area contributed by atoms with E-state index in [2.05, 4.69) is 12.2 Å². The minimum Gasteiger partial charge on any atom is -0.348 e. The van der Waals surface area contributed by atoms with Crippen molar-refractivity contribution in [2.75, 3.05) is 12.8 Å². The van der Waals surface area contributed by atoms with Gasteiger partial charge >= 0.3 is 0 Å². The van der Waals surface area contributed by atoms with Gasteiger partial charge < -0.3 is 11.1 Å². The highest BCUT2D eigenvalue weighted by Gasteiger charge is 2.16. The molecule has 0 aliphatic heterocycles. The lowest BCUT2D eigenvalue weighted by Gasteiger charge is -2.17. The highest BCUT2D eigenvalue weighted by atomic mass is 32.2. The van der Waals surface area contributed by atoms with Gasteiger partial charge in [0.05, 0.1) is 4.90 Å². The number of amides is 1. The number of carbonyl (C=O) groups excluding carboxylic acids is 1. The molecule has 0 saturated heterocycles. The molecule has 1 amide bonds. The Labute approximate surface area is 126 Å². The van der Waals surface area contributed by atoms with Gasteiger partial charge in [0.2, 0.25) is 0 Å². The predicted octanol–water partition coefficient (Wildman–Crippen LogP) is 1.65. The first-order valence-corrected chi connectivity index (χ1v) is 9.00. The average molecular weight is 312 g/mol. The van der Waals surface area contributed by atoms with E-state index in [1.54, 1.807) is 19.1 Å². The highest BCUT2D eigenvalue weighted by Crippen LogP contribution is 2.17. The van der Waals surface area contributed by atoms with Crippen molar-refractivity contribution in [1.82, 2.24) is 5.32 Å². The molecular formula is C15H24N2O3S. The molecular weight excluding hydrogens is 288 g/mol. The lowest BCUT2D eigenvalue weighted by Crippen LogP contribution is -2.40. The monoisotopic (exact) mass is 312 g/mol. The van der Waals surface area contributed by atoms with Crippen LogP contribution in [0.5, 0.6) is 0 Å². The molecule has 1 atom stereocenters. The van der Waals surface area contributed by atoms with Crippen molar-refractivity contribution in [1.29, 1.82) is 0 Å². The summed E-state index contributed by atoms with van der Waals surface area (Å²) in [5.41, 5.74) is 6.63. The van der Waals surface area contributed by atoms with Gasteiger partial charge in [-0.05, 0) is 31.0 Å². The van der Waals surface area contributed by atoms with E-state index in [4.69, 9.17) is 5.73 Å². The number of benzene rings is 1. The Morgan fingerprint density at radius 1 is 1.38 bits per heavy atom. The van der Waals surface area contributed by atoms with Crippen LogP contribution < -0.4 is 11.1 Å². The predicted molar refractivity (Wildman–Crippen MR) is 84.1 cm³/mol. The van der Waals surface area contributed by atoms with E-state index < -0.39 is 9.84 Å². The van der Waals surface area contributed by atoms with Crippen LogP contribution in [0.4, 0.5) is 0 Å². The van der Waals surface area contributed by atoms with E-state index in [1.165, 1.54) is 6.07 Å². The van der Waals surface area contributed by atoms with Crippen LogP contribution in [-0.2, 0) is 9.84 Å². The van der Waals surface area contributed by atoms with E-state index in [-0.39, 0.29) is 16.8 Å². The summed E-state index contributed by atoms with van der Waals surface area (Å²) in [4.78, 5) is 12.4. The molecule has 118 valence electrons. The standard InChI is InChI=1S/C15H24N2O3S/c1-4-5-6-13(10-16)17-15(18)12-8-7-11(2)14(9-12)21(3,19)20/h7-9,13H,4-6,10,16H2,1-3H3,(H,17,18). The first-order chi connectivity index (χ1) is 9.79. The van der Waals surface area contributed by atoms with Crippen LogP contribution in [0.15, 0.2) is 23.1 Å². The van der Waals surface area contributed by atoms with Crippen LogP contribution >= 0.6 is 0 Å². The molecule has 0 aliphatic rings. The number of rotatable bonds is 7. The fourth-order valence-corrected chi connectivity index (χ4v) is 3.10. The topological polar surface area (TPSA) is 89.3 Å². The quantitative estimate of drug-likeness (QED) is 0.801. The number of hydrogen-bond donors (Lipinski definition) is 2. The Morgan fingerprint density at radius 3 is 2.57 bits per heavy atom. The van der Waals surface area contributed by atoms with Crippen LogP contribution in [0.2, 0.25) is 0 Å². The second kappa shape index (κ2) is 7.56. The summed E-state index contributed by atoms with van der Waals surface area (Å²) in [6.45, 7) is 4.16. The molecule has 3 N–H and O–H groups in total. The summed E-state index contributed by atoms with van der Waals surface area (Å²) in [6, 6.07) is 4.62. The number of hydrogen-bond acceptors (Lipinski definition) is 4. The number of carbonyl (C=O) groups is 1. The SMILES string of the molecule is CCCCC(CN)NC(=O)c1ccc(C)c(S(C)(=O)=O)c1. The van der Waals surface area contributed by atoms with Gasteiger partial charge in [0, 0.05) is 24.4 Å². The molecule has 21 heavy (non-hydrogen) atoms. The Balaban J connectivity index is 2.93. The maximum Gasteiger partial charge on any atom is 0.251 e. The van der Waals surface area contributed by atoms with Gasteiger partial charge in [0.15, 0.2) is 9.84 Å². The van der Waals surface area contributed by atoms with Gasteiger partial charge in [-0.1, -0.05) is 25.8 Å². The summed E-state index contributed by atoms with van der Waals surface area (Å²) in [7, 11) is -3.34. The number of nitrogens with one attached hydrogen (secondary N) is 1. The van der Waals surface area contributed by atoms with Crippen LogP contribution in [0, 0.1) is 6.92 Å². The van der Waals surface area contributed by atoms with Gasteiger partial charge in [-0.2, -0.15) is 0 Å². The minimum absolute atomic E-state index is 0.0829. The van der Waals surface area contributed by atoms with Crippen molar-refractivity contribution < 1.29 is 13.2 Å². The van der Waals surface area contributed by atoms with E-state index in [9.17, 15) is 13.2 Å². The largest absolute Gasteiger partial charge is 0.348 e. The van der Waals surface area contributed by atoms with E-state index in [0.717, 1.165) is 25.5 Å². The molecule has 0 saturated carbocycles. The van der Waals surface area contributed by atoms with Crippen molar-refractivity contribution in [3.8, 4) is 0 Å². The highest BCUT2D eigenvalue weighted by molar-refractivity contribution is 7.90. The molecule has 0 bridgehead atoms. The molecule has 1 aromatic rings. The maximum absolute atomic E-state index is 12.2. The van der Waals surface area contributed by atoms with Gasteiger partial charge in [-0.15, -0.1) is 0 Å². The molecule has 1 unspecified atom stereocenters. The smallest absolute Gasteiger partial charge is 0.251 e. The number of nitrogens with two attached hydrogens (primary N) is 1. The number of aryl methyl sites for hydroxylation is 1. The Bertz CT molecular complexity index is 597. The normalized spacial score (nSPS) is 13.0. The second-order valence-corrected chi connectivity index (χ2v) is 7.28. The van der Waals surface area contributed by atoms with E-state index in [1.807, 2.05) is 0 Å². The summed E-state index contributed by atoms with van der Waals surface area (Å²) < 4.78 is 23.4. The van der Waals surface area contributed by atoms with Gasteiger partial charge in [0.25, 0.3) is 5.91 Å². The maximum atomic E-state index is 12.2. The third-order valence-corrected chi connectivity index (χ3v) is 4.61. The van der Waals surface area contributed by atoms with Crippen molar-refractivity contribution in [2.45, 2.75) is 44.0 Å². The number of sulfone groups is 1. The molecule has 6 heteroatoms. The fourth-order valence-electron chi connectivity index (χ4n) is 2.11. The lowest BCUT2D eigenvalue weighted by atomic mass is 10.1. The van der Waals surface area contributed by atoms with Gasteiger partial charge in [0.1, 0.15) is 0 Å². The number of unbranched alkanes of at least 4 members (excludes halogenated alkanes) is 1. The molecule has 0 heterocycles. The van der Waals surface area contributed by atoms with Gasteiger partial charge in [-0.25, -0.2) is 8.42 Å². The van der Waals surface area contributed by atoms with E-state index in [0.29, 0.717) is 17.7 Å². The average Bonchev–Trinajstić information content (AvgIpc) is 2.42. The fraction of sp³-hybridized carbons (Fsp3) is 0.533. The van der Waals surface area contributed by atoms with Crippen molar-refractivity contribution in [3.05, 3.63) is 29.3 Å². The zero-order valence-corrected chi connectivity index (χ0v) is 13.7. The molecule has 0 aromatic heterocycles. The minimum atomic E-state index is -3.34.